The Morgan fingerprint density at radius 1 is 1.28 bits per heavy atom. The van der Waals surface area contributed by atoms with Crippen molar-refractivity contribution >= 4 is 23.3 Å². The zero-order chi connectivity index (χ0) is 20.4. The molecule has 1 atom stereocenters. The second-order valence-electron chi connectivity index (χ2n) is 8.22. The van der Waals surface area contributed by atoms with Crippen molar-refractivity contribution in [2.45, 2.75) is 45.1 Å². The highest BCUT2D eigenvalue weighted by atomic mass is 16.2. The van der Waals surface area contributed by atoms with Crippen LogP contribution in [0.4, 0.5) is 5.82 Å². The molecule has 1 unspecified atom stereocenters. The number of nitrogen functional groups attached to an aromatic ring is 1. The van der Waals surface area contributed by atoms with Gasteiger partial charge in [0.1, 0.15) is 11.4 Å². The Morgan fingerprint density at radius 3 is 2.76 bits per heavy atom. The van der Waals surface area contributed by atoms with Gasteiger partial charge in [0.25, 0.3) is 5.91 Å². The number of anilines is 1. The van der Waals surface area contributed by atoms with Gasteiger partial charge in [0.2, 0.25) is 5.91 Å². The summed E-state index contributed by atoms with van der Waals surface area (Å²) < 4.78 is 1.57. The quantitative estimate of drug-likeness (QED) is 0.643. The van der Waals surface area contributed by atoms with E-state index in [1.54, 1.807) is 4.68 Å². The van der Waals surface area contributed by atoms with Gasteiger partial charge in [-0.2, -0.15) is 5.10 Å². The zero-order valence-electron chi connectivity index (χ0n) is 17.0. The fourth-order valence-corrected chi connectivity index (χ4v) is 3.91. The van der Waals surface area contributed by atoms with Crippen LogP contribution in [0.3, 0.4) is 0 Å². The third kappa shape index (κ3) is 4.53. The van der Waals surface area contributed by atoms with Crippen molar-refractivity contribution in [2.75, 3.05) is 31.9 Å². The molecule has 1 aromatic heterocycles. The lowest BCUT2D eigenvalue weighted by molar-refractivity contribution is -0.123. The van der Waals surface area contributed by atoms with E-state index in [4.69, 9.17) is 5.73 Å². The molecule has 3 aliphatic rings. The number of nitrogens with zero attached hydrogens (tertiary/aromatic N) is 3. The highest BCUT2D eigenvalue weighted by Crippen LogP contribution is 2.30. The number of nitrogens with two attached hydrogens (primary N) is 1. The van der Waals surface area contributed by atoms with Gasteiger partial charge in [0.15, 0.2) is 0 Å². The van der Waals surface area contributed by atoms with Gasteiger partial charge in [0, 0.05) is 19.1 Å². The van der Waals surface area contributed by atoms with E-state index in [0.717, 1.165) is 43.7 Å². The molecule has 2 heterocycles. The van der Waals surface area contributed by atoms with Gasteiger partial charge in [-0.15, -0.1) is 0 Å². The SMILES string of the molecule is CC1=CCC(C(=O)NC2CC2)C=C1n1ncc(C(=O)NCCN2CCCC2)c1N. The van der Waals surface area contributed by atoms with Crippen molar-refractivity contribution in [1.29, 1.82) is 0 Å². The van der Waals surface area contributed by atoms with Crippen LogP contribution in [-0.4, -0.2) is 58.7 Å². The lowest BCUT2D eigenvalue weighted by Gasteiger charge is -2.20. The normalized spacial score (nSPS) is 22.2. The Kier molecular flexibility index (Phi) is 5.71. The van der Waals surface area contributed by atoms with E-state index in [9.17, 15) is 9.59 Å². The van der Waals surface area contributed by atoms with E-state index in [2.05, 4.69) is 20.6 Å². The summed E-state index contributed by atoms with van der Waals surface area (Å²) >= 11 is 0. The number of rotatable bonds is 7. The number of hydrogen-bond acceptors (Lipinski definition) is 5. The van der Waals surface area contributed by atoms with E-state index in [1.807, 2.05) is 19.1 Å². The number of allylic oxidation sites excluding steroid dienone is 3. The largest absolute Gasteiger partial charge is 0.383 e. The van der Waals surface area contributed by atoms with Crippen LogP contribution in [0.15, 0.2) is 23.9 Å². The third-order valence-corrected chi connectivity index (χ3v) is 5.89. The highest BCUT2D eigenvalue weighted by molar-refractivity contribution is 5.99. The zero-order valence-corrected chi connectivity index (χ0v) is 17.0. The summed E-state index contributed by atoms with van der Waals surface area (Å²) in [7, 11) is 0. The first-order valence-corrected chi connectivity index (χ1v) is 10.6. The summed E-state index contributed by atoms with van der Waals surface area (Å²) in [5.74, 6) is -0.116. The van der Waals surface area contributed by atoms with Crippen molar-refractivity contribution in [1.82, 2.24) is 25.3 Å². The number of carbonyl (C=O) groups excluding carboxylic acids is 2. The molecule has 4 N–H and O–H groups in total. The monoisotopic (exact) mass is 398 g/mol. The van der Waals surface area contributed by atoms with E-state index in [1.165, 1.54) is 19.0 Å². The number of aromatic nitrogens is 2. The fraction of sp³-hybridized carbons (Fsp3) is 0.571. The predicted molar refractivity (Wildman–Crippen MR) is 112 cm³/mol. The first kappa shape index (κ1) is 19.7. The Balaban J connectivity index is 1.43. The molecule has 2 aliphatic carbocycles. The van der Waals surface area contributed by atoms with Crippen LogP contribution in [0.25, 0.3) is 5.70 Å². The standard InChI is InChI=1S/C21H30N6O2/c1-14-4-5-15(20(28)25-16-6-7-16)12-18(14)27-19(22)17(13-24-27)21(29)23-8-11-26-9-2-3-10-26/h4,12-13,15-16H,2-3,5-11,22H2,1H3,(H,23,29)(H,25,28). The van der Waals surface area contributed by atoms with Crippen molar-refractivity contribution in [3.63, 3.8) is 0 Å². The van der Waals surface area contributed by atoms with Crippen LogP contribution in [0, 0.1) is 5.92 Å². The maximum absolute atomic E-state index is 12.6. The maximum atomic E-state index is 12.6. The molecule has 1 saturated heterocycles. The molecular formula is C21H30N6O2. The van der Waals surface area contributed by atoms with E-state index in [0.29, 0.717) is 30.4 Å². The Bertz CT molecular complexity index is 845. The van der Waals surface area contributed by atoms with Gasteiger partial charge in [0.05, 0.1) is 17.8 Å². The van der Waals surface area contributed by atoms with Gasteiger partial charge in [-0.05, 0) is 63.8 Å². The molecule has 2 fully saturated rings. The Hall–Kier alpha value is -2.61. The van der Waals surface area contributed by atoms with Crippen LogP contribution in [0.1, 0.15) is 49.4 Å². The molecule has 29 heavy (non-hydrogen) atoms. The average Bonchev–Trinajstić information content (AvgIpc) is 3.21. The smallest absolute Gasteiger partial charge is 0.256 e. The molecule has 156 valence electrons. The summed E-state index contributed by atoms with van der Waals surface area (Å²) in [6.45, 7) is 5.62. The van der Waals surface area contributed by atoms with Crippen LogP contribution < -0.4 is 16.4 Å². The topological polar surface area (TPSA) is 105 Å². The summed E-state index contributed by atoms with van der Waals surface area (Å²) in [6, 6.07) is 0.331. The first-order valence-electron chi connectivity index (χ1n) is 10.6. The van der Waals surface area contributed by atoms with E-state index in [-0.39, 0.29) is 17.7 Å². The molecule has 1 aromatic rings. The van der Waals surface area contributed by atoms with Crippen LogP contribution in [0.5, 0.6) is 0 Å². The molecule has 4 rings (SSSR count). The molecule has 0 spiro atoms. The number of nitrogens with one attached hydrogen (secondary N) is 2. The van der Waals surface area contributed by atoms with Gasteiger partial charge in [-0.1, -0.05) is 6.08 Å². The van der Waals surface area contributed by atoms with Gasteiger partial charge in [-0.25, -0.2) is 4.68 Å². The van der Waals surface area contributed by atoms with Crippen LogP contribution in [0.2, 0.25) is 0 Å². The number of likely N-dealkylation sites (tertiary alicyclic amines) is 1. The van der Waals surface area contributed by atoms with Crippen LogP contribution in [-0.2, 0) is 4.79 Å². The fourth-order valence-electron chi connectivity index (χ4n) is 3.91. The van der Waals surface area contributed by atoms with E-state index < -0.39 is 0 Å². The van der Waals surface area contributed by atoms with Crippen molar-refractivity contribution < 1.29 is 9.59 Å². The van der Waals surface area contributed by atoms with E-state index >= 15 is 0 Å². The molecule has 0 bridgehead atoms. The number of hydrogen-bond donors (Lipinski definition) is 3. The molecule has 0 radical (unpaired) electrons. The molecule has 1 saturated carbocycles. The molecule has 2 amide bonds. The summed E-state index contributed by atoms with van der Waals surface area (Å²) in [6.07, 6.45) is 10.7. The summed E-state index contributed by atoms with van der Waals surface area (Å²) in [4.78, 5) is 27.3. The summed E-state index contributed by atoms with van der Waals surface area (Å²) in [5.41, 5.74) is 8.39. The first-order chi connectivity index (χ1) is 14.0. The molecule has 8 nitrogen and oxygen atoms in total. The van der Waals surface area contributed by atoms with Gasteiger partial charge >= 0.3 is 0 Å². The van der Waals surface area contributed by atoms with Crippen molar-refractivity contribution in [2.24, 2.45) is 5.92 Å². The minimum Gasteiger partial charge on any atom is -0.383 e. The van der Waals surface area contributed by atoms with Gasteiger partial charge in [-0.3, -0.25) is 9.59 Å². The molecular weight excluding hydrogens is 368 g/mol. The molecule has 8 heteroatoms. The lowest BCUT2D eigenvalue weighted by Crippen LogP contribution is -2.33. The average molecular weight is 399 g/mol. The second-order valence-corrected chi connectivity index (χ2v) is 8.22. The minimum absolute atomic E-state index is 0.0411. The minimum atomic E-state index is -0.240. The summed E-state index contributed by atoms with van der Waals surface area (Å²) in [5, 5.41) is 10.3. The van der Waals surface area contributed by atoms with Crippen LogP contribution >= 0.6 is 0 Å². The number of carbonyl (C=O) groups is 2. The Morgan fingerprint density at radius 2 is 2.03 bits per heavy atom. The third-order valence-electron chi connectivity index (χ3n) is 5.89. The van der Waals surface area contributed by atoms with Crippen molar-refractivity contribution in [3.05, 3.63) is 29.5 Å². The Labute approximate surface area is 171 Å². The predicted octanol–water partition coefficient (Wildman–Crippen LogP) is 1.38. The molecule has 0 aromatic carbocycles. The molecule has 1 aliphatic heterocycles. The highest BCUT2D eigenvalue weighted by Gasteiger charge is 2.29. The maximum Gasteiger partial charge on any atom is 0.256 e. The van der Waals surface area contributed by atoms with Gasteiger partial charge < -0.3 is 21.3 Å². The van der Waals surface area contributed by atoms with Crippen molar-refractivity contribution in [3.8, 4) is 0 Å². The second kappa shape index (κ2) is 8.41. The lowest BCUT2D eigenvalue weighted by atomic mass is 9.94. The number of amides is 2.